The minimum absolute atomic E-state index is 0.0459. The van der Waals surface area contributed by atoms with Gasteiger partial charge in [0, 0.05) is 16.8 Å². The Bertz CT molecular complexity index is 324. The van der Waals surface area contributed by atoms with E-state index in [0.717, 1.165) is 30.5 Å². The maximum Gasteiger partial charge on any atom is 0.252 e. The van der Waals surface area contributed by atoms with Gasteiger partial charge in [0.05, 0.1) is 5.56 Å². The lowest BCUT2D eigenvalue weighted by Gasteiger charge is -2.07. The summed E-state index contributed by atoms with van der Waals surface area (Å²) in [5, 5.41) is 6.82. The Morgan fingerprint density at radius 3 is 2.87 bits per heavy atom. The fourth-order valence-electron chi connectivity index (χ4n) is 1.23. The van der Waals surface area contributed by atoms with Gasteiger partial charge in [-0.05, 0) is 30.7 Å². The molecule has 0 saturated heterocycles. The van der Waals surface area contributed by atoms with E-state index in [1.165, 1.54) is 0 Å². The Hall–Kier alpha value is -0.350. The number of thiophene rings is 1. The number of amides is 1. The van der Waals surface area contributed by atoms with Crippen molar-refractivity contribution in [3.63, 3.8) is 0 Å². The number of aryl methyl sites for hydroxylation is 1. The fourth-order valence-corrected chi connectivity index (χ4v) is 2.29. The molecule has 0 bridgehead atoms. The number of nitrogens with one attached hydrogen (secondary N) is 1. The van der Waals surface area contributed by atoms with Crippen molar-refractivity contribution >= 4 is 33.2 Å². The average Bonchev–Trinajstić information content (AvgIpc) is 2.64. The molecule has 0 aliphatic heterocycles. The first kappa shape index (κ1) is 12.7. The van der Waals surface area contributed by atoms with E-state index < -0.39 is 0 Å². The zero-order chi connectivity index (χ0) is 11.3. The first-order chi connectivity index (χ1) is 7.15. The van der Waals surface area contributed by atoms with E-state index in [4.69, 9.17) is 0 Å². The van der Waals surface area contributed by atoms with E-state index in [-0.39, 0.29) is 5.91 Å². The monoisotopic (exact) mass is 289 g/mol. The van der Waals surface area contributed by atoms with Crippen LogP contribution in [-0.2, 0) is 0 Å². The molecule has 1 unspecified atom stereocenters. The highest BCUT2D eigenvalue weighted by Crippen LogP contribution is 2.13. The van der Waals surface area contributed by atoms with Crippen LogP contribution in [0, 0.1) is 6.92 Å². The molecule has 0 aliphatic rings. The quantitative estimate of drug-likeness (QED) is 0.828. The van der Waals surface area contributed by atoms with Crippen molar-refractivity contribution in [3.05, 3.63) is 21.9 Å². The number of alkyl halides is 1. The van der Waals surface area contributed by atoms with Crippen LogP contribution >= 0.6 is 27.3 Å². The molecule has 1 aromatic rings. The Labute approximate surface area is 103 Å². The van der Waals surface area contributed by atoms with Gasteiger partial charge in [0.15, 0.2) is 0 Å². The number of carbonyl (C=O) groups excluding carboxylic acids is 1. The highest BCUT2D eigenvalue weighted by atomic mass is 79.9. The third kappa shape index (κ3) is 3.95. The molecule has 1 rings (SSSR count). The van der Waals surface area contributed by atoms with Crippen LogP contribution < -0.4 is 5.32 Å². The van der Waals surface area contributed by atoms with Crippen molar-refractivity contribution in [1.29, 1.82) is 0 Å². The lowest BCUT2D eigenvalue weighted by Crippen LogP contribution is -2.26. The molecular formula is C11H16BrNOS. The van der Waals surface area contributed by atoms with E-state index in [0.29, 0.717) is 4.83 Å². The molecule has 84 valence electrons. The standard InChI is InChI=1S/C11H16BrNOS/c1-3-9(12)4-5-13-11(14)10-7-15-6-8(10)2/h6-7,9H,3-5H2,1-2H3,(H,13,14). The summed E-state index contributed by atoms with van der Waals surface area (Å²) in [7, 11) is 0. The summed E-state index contributed by atoms with van der Waals surface area (Å²) in [5.74, 6) is 0.0459. The molecule has 1 heterocycles. The van der Waals surface area contributed by atoms with Gasteiger partial charge < -0.3 is 5.32 Å². The van der Waals surface area contributed by atoms with Gasteiger partial charge in [0.1, 0.15) is 0 Å². The number of carbonyl (C=O) groups is 1. The first-order valence-electron chi connectivity index (χ1n) is 5.10. The maximum absolute atomic E-state index is 11.7. The van der Waals surface area contributed by atoms with Crippen molar-refractivity contribution in [1.82, 2.24) is 5.32 Å². The number of hydrogen-bond donors (Lipinski definition) is 1. The summed E-state index contributed by atoms with van der Waals surface area (Å²) < 4.78 is 0. The zero-order valence-corrected chi connectivity index (χ0v) is 11.5. The summed E-state index contributed by atoms with van der Waals surface area (Å²) in [6.45, 7) is 4.83. The van der Waals surface area contributed by atoms with Crippen molar-refractivity contribution in [3.8, 4) is 0 Å². The molecular weight excluding hydrogens is 274 g/mol. The maximum atomic E-state index is 11.7. The van der Waals surface area contributed by atoms with Crippen LogP contribution in [0.4, 0.5) is 0 Å². The molecule has 15 heavy (non-hydrogen) atoms. The first-order valence-corrected chi connectivity index (χ1v) is 6.96. The van der Waals surface area contributed by atoms with Gasteiger partial charge in [-0.25, -0.2) is 0 Å². The highest BCUT2D eigenvalue weighted by Gasteiger charge is 2.09. The average molecular weight is 290 g/mol. The SMILES string of the molecule is CCC(Br)CCNC(=O)c1cscc1C. The minimum atomic E-state index is 0.0459. The van der Waals surface area contributed by atoms with E-state index in [1.54, 1.807) is 11.3 Å². The van der Waals surface area contributed by atoms with E-state index in [2.05, 4.69) is 28.2 Å². The molecule has 0 saturated carbocycles. The molecule has 0 spiro atoms. The molecule has 0 aliphatic carbocycles. The molecule has 2 nitrogen and oxygen atoms in total. The van der Waals surface area contributed by atoms with Crippen LogP contribution in [0.5, 0.6) is 0 Å². The lowest BCUT2D eigenvalue weighted by molar-refractivity contribution is 0.0953. The minimum Gasteiger partial charge on any atom is -0.352 e. The second-order valence-electron chi connectivity index (χ2n) is 3.52. The second-order valence-corrected chi connectivity index (χ2v) is 5.56. The smallest absolute Gasteiger partial charge is 0.252 e. The molecule has 0 radical (unpaired) electrons. The summed E-state index contributed by atoms with van der Waals surface area (Å²) >= 11 is 5.11. The van der Waals surface area contributed by atoms with Gasteiger partial charge >= 0.3 is 0 Å². The van der Waals surface area contributed by atoms with Crippen molar-refractivity contribution in [2.45, 2.75) is 31.5 Å². The fraction of sp³-hybridized carbons (Fsp3) is 0.545. The third-order valence-electron chi connectivity index (χ3n) is 2.29. The Kier molecular flexibility index (Phi) is 5.32. The number of halogens is 1. The molecule has 0 aromatic carbocycles. The largest absolute Gasteiger partial charge is 0.352 e. The molecule has 1 N–H and O–H groups in total. The van der Waals surface area contributed by atoms with Crippen molar-refractivity contribution in [2.75, 3.05) is 6.54 Å². The summed E-state index contributed by atoms with van der Waals surface area (Å²) in [6.07, 6.45) is 2.07. The Morgan fingerprint density at radius 1 is 1.60 bits per heavy atom. The zero-order valence-electron chi connectivity index (χ0n) is 9.05. The molecule has 1 amide bonds. The molecule has 0 fully saturated rings. The molecule has 1 atom stereocenters. The second kappa shape index (κ2) is 6.28. The molecule has 4 heteroatoms. The van der Waals surface area contributed by atoms with E-state index in [1.807, 2.05) is 17.7 Å². The predicted molar refractivity (Wildman–Crippen MR) is 69.0 cm³/mol. The van der Waals surface area contributed by atoms with Crippen molar-refractivity contribution < 1.29 is 4.79 Å². The van der Waals surface area contributed by atoms with Crippen LogP contribution in [-0.4, -0.2) is 17.3 Å². The van der Waals surface area contributed by atoms with Gasteiger partial charge in [-0.15, -0.1) is 0 Å². The van der Waals surface area contributed by atoms with Gasteiger partial charge in [-0.2, -0.15) is 11.3 Å². The van der Waals surface area contributed by atoms with Gasteiger partial charge in [-0.1, -0.05) is 22.9 Å². The lowest BCUT2D eigenvalue weighted by atomic mass is 10.2. The molecule has 1 aromatic heterocycles. The van der Waals surface area contributed by atoms with Crippen LogP contribution in [0.15, 0.2) is 10.8 Å². The van der Waals surface area contributed by atoms with Gasteiger partial charge in [-0.3, -0.25) is 4.79 Å². The predicted octanol–water partition coefficient (Wildman–Crippen LogP) is 3.35. The summed E-state index contributed by atoms with van der Waals surface area (Å²) in [6, 6.07) is 0. The van der Waals surface area contributed by atoms with Crippen molar-refractivity contribution in [2.24, 2.45) is 0 Å². The Morgan fingerprint density at radius 2 is 2.33 bits per heavy atom. The van der Waals surface area contributed by atoms with Crippen LogP contribution in [0.3, 0.4) is 0 Å². The van der Waals surface area contributed by atoms with Gasteiger partial charge in [0.25, 0.3) is 5.91 Å². The third-order valence-corrected chi connectivity index (χ3v) is 4.25. The van der Waals surface area contributed by atoms with Crippen LogP contribution in [0.1, 0.15) is 35.7 Å². The van der Waals surface area contributed by atoms with Gasteiger partial charge in [0.2, 0.25) is 0 Å². The summed E-state index contributed by atoms with van der Waals surface area (Å²) in [4.78, 5) is 12.2. The number of hydrogen-bond acceptors (Lipinski definition) is 2. The highest BCUT2D eigenvalue weighted by molar-refractivity contribution is 9.09. The topological polar surface area (TPSA) is 29.1 Å². The normalized spacial score (nSPS) is 12.5. The van der Waals surface area contributed by atoms with Crippen LogP contribution in [0.25, 0.3) is 0 Å². The number of rotatable bonds is 5. The van der Waals surface area contributed by atoms with E-state index in [9.17, 15) is 4.79 Å². The van der Waals surface area contributed by atoms with E-state index >= 15 is 0 Å². The summed E-state index contributed by atoms with van der Waals surface area (Å²) in [5.41, 5.74) is 1.87. The van der Waals surface area contributed by atoms with Crippen LogP contribution in [0.2, 0.25) is 0 Å². The Balaban J connectivity index is 2.34.